The maximum atomic E-state index is 12.4. The second-order valence-corrected chi connectivity index (χ2v) is 8.35. The van der Waals surface area contributed by atoms with Crippen molar-refractivity contribution in [2.75, 3.05) is 31.3 Å². The van der Waals surface area contributed by atoms with E-state index in [1.165, 1.54) is 36.7 Å². The van der Waals surface area contributed by atoms with E-state index in [1.807, 2.05) is 0 Å². The molecule has 0 aliphatic carbocycles. The van der Waals surface area contributed by atoms with Crippen LogP contribution in [0.5, 0.6) is 11.5 Å². The number of hydrogen-bond donors (Lipinski definition) is 2. The number of amides is 2. The van der Waals surface area contributed by atoms with Gasteiger partial charge in [0.15, 0.2) is 0 Å². The number of anilines is 1. The number of carbonyl (C=O) groups is 2. The van der Waals surface area contributed by atoms with Gasteiger partial charge in [-0.15, -0.1) is 0 Å². The van der Waals surface area contributed by atoms with Gasteiger partial charge in [-0.1, -0.05) is 0 Å². The summed E-state index contributed by atoms with van der Waals surface area (Å²) in [6.07, 6.45) is 1.66. The molecule has 0 bridgehead atoms. The van der Waals surface area contributed by atoms with Crippen molar-refractivity contribution in [3.05, 3.63) is 53.1 Å². The Morgan fingerprint density at radius 1 is 0.931 bits per heavy atom. The molecule has 1 aliphatic heterocycles. The van der Waals surface area contributed by atoms with Gasteiger partial charge in [0.05, 0.1) is 26.2 Å². The number of nitrogens with one attached hydrogen (secondary N) is 2. The number of methoxy groups -OCH3 is 2. The molecule has 0 fully saturated rings. The third-order valence-electron chi connectivity index (χ3n) is 4.50. The molecule has 0 unspecified atom stereocenters. The van der Waals surface area contributed by atoms with Crippen LogP contribution in [-0.4, -0.2) is 47.3 Å². The monoisotopic (exact) mass is 419 g/mol. The fourth-order valence-electron chi connectivity index (χ4n) is 3.05. The van der Waals surface area contributed by atoms with E-state index in [4.69, 9.17) is 9.47 Å². The minimum Gasteiger partial charge on any atom is -0.497 e. The first kappa shape index (κ1) is 20.5. The second-order valence-electron chi connectivity index (χ2n) is 6.44. The van der Waals surface area contributed by atoms with Gasteiger partial charge in [0, 0.05) is 23.7 Å². The molecule has 10 heteroatoms. The number of sulfonamides is 1. The molecule has 0 spiro atoms. The van der Waals surface area contributed by atoms with Crippen LogP contribution in [0.4, 0.5) is 5.69 Å². The van der Waals surface area contributed by atoms with Crippen molar-refractivity contribution in [3.63, 3.8) is 0 Å². The fraction of sp³-hybridized carbons (Fsp3) is 0.263. The first-order valence-electron chi connectivity index (χ1n) is 8.67. The van der Waals surface area contributed by atoms with Gasteiger partial charge in [-0.2, -0.15) is 0 Å². The smallest absolute Gasteiger partial charge is 0.269 e. The van der Waals surface area contributed by atoms with Gasteiger partial charge in [-0.05, 0) is 42.3 Å². The fourth-order valence-corrected chi connectivity index (χ4v) is 4.01. The Kier molecular flexibility index (Phi) is 5.64. The molecule has 2 N–H and O–H groups in total. The molecule has 0 aromatic heterocycles. The van der Waals surface area contributed by atoms with E-state index in [1.54, 1.807) is 18.2 Å². The highest BCUT2D eigenvalue weighted by Crippen LogP contribution is 2.30. The zero-order chi connectivity index (χ0) is 21.2. The molecule has 2 aromatic rings. The first-order valence-corrected chi connectivity index (χ1v) is 10.5. The Balaban J connectivity index is 1.70. The van der Waals surface area contributed by atoms with Crippen molar-refractivity contribution >= 4 is 27.5 Å². The lowest BCUT2D eigenvalue weighted by atomic mass is 10.1. The van der Waals surface area contributed by atoms with Crippen LogP contribution in [0.2, 0.25) is 0 Å². The quantitative estimate of drug-likeness (QED) is 0.702. The summed E-state index contributed by atoms with van der Waals surface area (Å²) < 4.78 is 35.2. The Hall–Kier alpha value is -3.27. The van der Waals surface area contributed by atoms with Gasteiger partial charge in [0.2, 0.25) is 10.0 Å². The van der Waals surface area contributed by atoms with E-state index in [0.29, 0.717) is 35.7 Å². The van der Waals surface area contributed by atoms with Crippen molar-refractivity contribution in [1.82, 2.24) is 10.9 Å². The summed E-state index contributed by atoms with van der Waals surface area (Å²) in [5.74, 6) is -0.182. The molecule has 2 amide bonds. The molecule has 1 aliphatic rings. The van der Waals surface area contributed by atoms with Gasteiger partial charge >= 0.3 is 0 Å². The lowest BCUT2D eigenvalue weighted by Crippen LogP contribution is -2.41. The van der Waals surface area contributed by atoms with E-state index in [-0.39, 0.29) is 5.56 Å². The number of hydrogen-bond acceptors (Lipinski definition) is 6. The van der Waals surface area contributed by atoms with E-state index in [2.05, 4.69) is 10.9 Å². The number of benzene rings is 2. The average molecular weight is 419 g/mol. The summed E-state index contributed by atoms with van der Waals surface area (Å²) in [6.45, 7) is 0.341. The van der Waals surface area contributed by atoms with Crippen LogP contribution >= 0.6 is 0 Å². The Morgan fingerprint density at radius 2 is 1.52 bits per heavy atom. The molecule has 9 nitrogen and oxygen atoms in total. The summed E-state index contributed by atoms with van der Waals surface area (Å²) in [5.41, 5.74) is 6.58. The van der Waals surface area contributed by atoms with Crippen molar-refractivity contribution in [2.24, 2.45) is 0 Å². The largest absolute Gasteiger partial charge is 0.497 e. The Morgan fingerprint density at radius 3 is 2.07 bits per heavy atom. The predicted octanol–water partition coefficient (Wildman–Crippen LogP) is 1.10. The van der Waals surface area contributed by atoms with Gasteiger partial charge in [-0.3, -0.25) is 24.7 Å². The first-order chi connectivity index (χ1) is 13.7. The molecule has 0 radical (unpaired) electrons. The van der Waals surface area contributed by atoms with Crippen LogP contribution in [0.3, 0.4) is 0 Å². The molecular formula is C19H21N3O6S. The molecular weight excluding hydrogens is 398 g/mol. The minimum absolute atomic E-state index is 0.249. The number of hydrazine groups is 1. The molecule has 154 valence electrons. The van der Waals surface area contributed by atoms with Crippen LogP contribution < -0.4 is 24.6 Å². The number of carbonyl (C=O) groups excluding carboxylic acids is 2. The normalized spacial score (nSPS) is 12.9. The van der Waals surface area contributed by atoms with Crippen LogP contribution in [-0.2, 0) is 16.4 Å². The second kappa shape index (κ2) is 8.00. The number of ether oxygens (including phenoxy) is 2. The predicted molar refractivity (Wildman–Crippen MR) is 107 cm³/mol. The third-order valence-corrected chi connectivity index (χ3v) is 5.68. The van der Waals surface area contributed by atoms with E-state index in [0.717, 1.165) is 11.8 Å². The lowest BCUT2D eigenvalue weighted by molar-refractivity contribution is 0.0846. The summed E-state index contributed by atoms with van der Waals surface area (Å²) in [6, 6.07) is 9.38. The molecule has 1 heterocycles. The van der Waals surface area contributed by atoms with Crippen molar-refractivity contribution in [2.45, 2.75) is 6.42 Å². The third kappa shape index (κ3) is 4.43. The van der Waals surface area contributed by atoms with Crippen molar-refractivity contribution in [3.8, 4) is 11.5 Å². The molecule has 0 atom stereocenters. The highest BCUT2D eigenvalue weighted by molar-refractivity contribution is 7.92. The molecule has 29 heavy (non-hydrogen) atoms. The van der Waals surface area contributed by atoms with E-state index in [9.17, 15) is 18.0 Å². The Bertz CT molecular complexity index is 1050. The number of rotatable bonds is 5. The van der Waals surface area contributed by atoms with Crippen molar-refractivity contribution in [1.29, 1.82) is 0 Å². The van der Waals surface area contributed by atoms with Gasteiger partial charge < -0.3 is 9.47 Å². The highest BCUT2D eigenvalue weighted by atomic mass is 32.2. The van der Waals surface area contributed by atoms with Gasteiger partial charge in [0.25, 0.3) is 11.8 Å². The Labute approximate surface area is 168 Å². The highest BCUT2D eigenvalue weighted by Gasteiger charge is 2.26. The summed E-state index contributed by atoms with van der Waals surface area (Å²) in [5, 5.41) is 0. The zero-order valence-electron chi connectivity index (χ0n) is 16.2. The standard InChI is InChI=1S/C19H21N3O6S/c1-27-15-9-14(10-16(11-15)28-2)19(24)21-20-18(23)13-4-5-17-12(8-13)6-7-22(17)29(3,25)26/h4-5,8-11H,6-7H2,1-3H3,(H,20,23)(H,21,24). The SMILES string of the molecule is COc1cc(OC)cc(C(=O)NNC(=O)c2ccc3c(c2)CCN3S(C)(=O)=O)c1. The molecule has 0 saturated carbocycles. The summed E-state index contributed by atoms with van der Waals surface area (Å²) >= 11 is 0. The zero-order valence-corrected chi connectivity index (χ0v) is 17.0. The molecule has 2 aromatic carbocycles. The van der Waals surface area contributed by atoms with Gasteiger partial charge in [-0.25, -0.2) is 8.42 Å². The minimum atomic E-state index is -3.36. The van der Waals surface area contributed by atoms with Crippen molar-refractivity contribution < 1.29 is 27.5 Å². The molecule has 3 rings (SSSR count). The topological polar surface area (TPSA) is 114 Å². The lowest BCUT2D eigenvalue weighted by Gasteiger charge is -2.16. The maximum Gasteiger partial charge on any atom is 0.269 e. The number of nitrogens with zero attached hydrogens (tertiary/aromatic N) is 1. The van der Waals surface area contributed by atoms with Crippen LogP contribution in [0.25, 0.3) is 0 Å². The maximum absolute atomic E-state index is 12.4. The number of fused-ring (bicyclic) bond motifs is 1. The van der Waals surface area contributed by atoms with E-state index < -0.39 is 21.8 Å². The molecule has 0 saturated heterocycles. The van der Waals surface area contributed by atoms with Gasteiger partial charge in [0.1, 0.15) is 11.5 Å². The van der Waals surface area contributed by atoms with Crippen LogP contribution in [0.15, 0.2) is 36.4 Å². The van der Waals surface area contributed by atoms with Crippen LogP contribution in [0.1, 0.15) is 26.3 Å². The average Bonchev–Trinajstić information content (AvgIpc) is 3.14. The summed E-state index contributed by atoms with van der Waals surface area (Å²) in [4.78, 5) is 24.7. The van der Waals surface area contributed by atoms with Crippen LogP contribution in [0, 0.1) is 0 Å². The summed E-state index contributed by atoms with van der Waals surface area (Å²) in [7, 11) is -0.419. The van der Waals surface area contributed by atoms with E-state index >= 15 is 0 Å².